The molecule has 8 rings (SSSR count). The summed E-state index contributed by atoms with van der Waals surface area (Å²) in [7, 11) is 1.58. The van der Waals surface area contributed by atoms with Crippen molar-refractivity contribution in [2.45, 2.75) is 129 Å². The molecule has 8 fully saturated rings. The van der Waals surface area contributed by atoms with Crippen molar-refractivity contribution in [1.82, 2.24) is 0 Å². The van der Waals surface area contributed by atoms with Crippen LogP contribution in [0.5, 0.6) is 0 Å². The summed E-state index contributed by atoms with van der Waals surface area (Å²) in [5.41, 5.74) is 0. The van der Waals surface area contributed by atoms with Gasteiger partial charge in [0.25, 0.3) is 21.4 Å². The zero-order chi connectivity index (χ0) is 35.1. The van der Waals surface area contributed by atoms with Gasteiger partial charge in [-0.2, -0.15) is 52.7 Å². The quantitative estimate of drug-likeness (QED) is 0.160. The van der Waals surface area contributed by atoms with Gasteiger partial charge >= 0.3 is 59.7 Å². The second-order valence-electron chi connectivity index (χ2n) is 13.0. The van der Waals surface area contributed by atoms with E-state index in [9.17, 15) is 52.7 Å². The Hall–Kier alpha value is 1.02. The molecule has 8 aliphatic rings. The first-order chi connectivity index (χ1) is 20.5. The molecule has 6 nitrogen and oxygen atoms in total. The topological polar surface area (TPSA) is 55.4 Å². The van der Waals surface area contributed by atoms with Crippen LogP contribution >= 0.6 is 34.9 Å². The first-order valence-electron chi connectivity index (χ1n) is 13.5. The first kappa shape index (κ1) is 38.3. The third-order valence-electron chi connectivity index (χ3n) is 9.34. The minimum atomic E-state index is -5.39. The normalized spacial score (nSPS) is 49.8. The number of hydrogen-bond donors (Lipinski definition) is 0. The Morgan fingerprint density at radius 1 is 0.478 bits per heavy atom. The zero-order valence-corrected chi connectivity index (χ0v) is 29.1. The van der Waals surface area contributed by atoms with Crippen LogP contribution in [0.15, 0.2) is 0 Å². The summed E-state index contributed by atoms with van der Waals surface area (Å²) in [5.74, 6) is -9.42. The molecule has 0 aliphatic carbocycles. The van der Waals surface area contributed by atoms with Crippen molar-refractivity contribution in [2.75, 3.05) is 12.3 Å². The number of alkyl halides is 12. The van der Waals surface area contributed by atoms with Crippen molar-refractivity contribution in [3.63, 3.8) is 0 Å². The SMILES string of the molecule is CC12CC3(C(F)(F)F)OC(C)(CC(C(F)(F)F)(O1)[PH+]3CCC[PH+]1C3(C(F)(F)F)CC4(C)OC(C)(CC1(C(F)(F)F)O4)O3)O2.[Cl][Pd][Cl]. The molecule has 0 aromatic heterocycles. The fraction of sp³-hybridized carbons (Fsp3) is 1.00. The van der Waals surface area contributed by atoms with E-state index in [1.807, 2.05) is 0 Å². The molecule has 8 aliphatic heterocycles. The molecule has 0 spiro atoms. The van der Waals surface area contributed by atoms with Crippen LogP contribution in [0.3, 0.4) is 0 Å². The van der Waals surface area contributed by atoms with Crippen LogP contribution in [0.4, 0.5) is 52.7 Å². The van der Waals surface area contributed by atoms with Gasteiger partial charge in [-0.05, 0) is 27.7 Å². The molecular formula is C23H28Cl2F12O6P2Pd+2. The molecule has 272 valence electrons. The molecule has 0 aromatic rings. The van der Waals surface area contributed by atoms with Crippen LogP contribution in [0.1, 0.15) is 59.8 Å². The molecule has 8 saturated heterocycles. The molecule has 46 heavy (non-hydrogen) atoms. The second-order valence-corrected chi connectivity index (χ2v) is 21.5. The van der Waals surface area contributed by atoms with Gasteiger partial charge in [0.1, 0.15) is 0 Å². The van der Waals surface area contributed by atoms with Gasteiger partial charge in [-0.15, -0.1) is 0 Å². The molecule has 8 heterocycles. The van der Waals surface area contributed by atoms with Crippen molar-refractivity contribution in [2.24, 2.45) is 0 Å². The summed E-state index contributed by atoms with van der Waals surface area (Å²) in [6.07, 6.45) is -29.2. The van der Waals surface area contributed by atoms with Gasteiger partial charge < -0.3 is 28.4 Å². The number of ether oxygens (including phenoxy) is 6. The second kappa shape index (κ2) is 10.8. The standard InChI is InChI=1S/C23H26F12O6P2.2ClH.Pd/c1-12-8-16(20(24,25)26)39-13(2,36-12)9-17(38-12,21(27,28)29)42(16)6-5-7-43-18(22(30,31)32)10-14(3)37-15(4,41-18)11-19(43,40-14)23(33,34)35;;;/h5-11H2,1-4H3;2*1H;/q;;;+2. The van der Waals surface area contributed by atoms with Gasteiger partial charge in [0, 0.05) is 6.42 Å². The van der Waals surface area contributed by atoms with Gasteiger partial charge in [-0.1, -0.05) is 0 Å². The van der Waals surface area contributed by atoms with Crippen LogP contribution in [0.2, 0.25) is 0 Å². The maximum atomic E-state index is 14.8. The van der Waals surface area contributed by atoms with Crippen LogP contribution in [0.25, 0.3) is 0 Å². The Bertz CT molecular complexity index is 1040. The summed E-state index contributed by atoms with van der Waals surface area (Å²) >= 11 is -0.106. The van der Waals surface area contributed by atoms with E-state index < -0.39 is 129 Å². The summed E-state index contributed by atoms with van der Waals surface area (Å²) in [4.78, 5) is 0. The summed E-state index contributed by atoms with van der Waals surface area (Å²) in [6.45, 7) is 3.68. The Morgan fingerprint density at radius 2 is 0.674 bits per heavy atom. The average molecular weight is 868 g/mol. The molecule has 0 radical (unpaired) electrons. The van der Waals surface area contributed by atoms with E-state index in [1.54, 1.807) is 0 Å². The number of rotatable bonds is 4. The molecule has 0 amide bonds. The maximum absolute atomic E-state index is 14.8. The van der Waals surface area contributed by atoms with Crippen LogP contribution in [-0.4, -0.2) is 81.5 Å². The van der Waals surface area contributed by atoms with Gasteiger partial charge in [-0.25, -0.2) is 0 Å². The fourth-order valence-electron chi connectivity index (χ4n) is 8.60. The Balaban J connectivity index is 0.00000134. The summed E-state index contributed by atoms with van der Waals surface area (Å²) < 4.78 is 209. The molecule has 8 atom stereocenters. The number of hydrogen-bond acceptors (Lipinski definition) is 6. The monoisotopic (exact) mass is 866 g/mol. The third-order valence-corrected chi connectivity index (χ3v) is 17.2. The first-order valence-corrected chi connectivity index (χ1v) is 20.9. The summed E-state index contributed by atoms with van der Waals surface area (Å²) in [6, 6.07) is 0. The molecule has 8 bridgehead atoms. The van der Waals surface area contributed by atoms with Gasteiger partial charge in [0.15, 0.2) is 23.1 Å². The third kappa shape index (κ3) is 5.41. The van der Waals surface area contributed by atoms with Crippen LogP contribution in [-0.2, 0) is 44.4 Å². The predicted octanol–water partition coefficient (Wildman–Crippen LogP) is 8.82. The van der Waals surface area contributed by atoms with Gasteiger partial charge in [0.2, 0.25) is 0 Å². The van der Waals surface area contributed by atoms with Gasteiger partial charge in [-0.3, -0.25) is 0 Å². The predicted molar refractivity (Wildman–Crippen MR) is 136 cm³/mol. The van der Waals surface area contributed by atoms with E-state index >= 15 is 0 Å². The van der Waals surface area contributed by atoms with E-state index in [2.05, 4.69) is 0 Å². The molecule has 0 saturated carbocycles. The average Bonchev–Trinajstić information content (AvgIpc) is 2.76. The van der Waals surface area contributed by atoms with Crippen LogP contribution < -0.4 is 0 Å². The van der Waals surface area contributed by atoms with E-state index in [0.717, 1.165) is 27.7 Å². The minimum absolute atomic E-state index is 0.106. The van der Waals surface area contributed by atoms with Crippen molar-refractivity contribution in [1.29, 1.82) is 0 Å². The Labute approximate surface area is 272 Å². The molecule has 8 unspecified atom stereocenters. The van der Waals surface area contributed by atoms with E-state index in [4.69, 9.17) is 47.5 Å². The summed E-state index contributed by atoms with van der Waals surface area (Å²) in [5, 5.41) is -13.6. The van der Waals surface area contributed by atoms with E-state index in [0.29, 0.717) is 0 Å². The van der Waals surface area contributed by atoms with Crippen molar-refractivity contribution in [3.05, 3.63) is 0 Å². The molecular weight excluding hydrogens is 839 g/mol. The van der Waals surface area contributed by atoms with Crippen LogP contribution in [0, 0.1) is 0 Å². The van der Waals surface area contributed by atoms with Crippen molar-refractivity contribution in [3.8, 4) is 0 Å². The Kier molecular flexibility index (Phi) is 8.97. The Morgan fingerprint density at radius 3 is 0.848 bits per heavy atom. The fourth-order valence-corrected chi connectivity index (χ4v) is 17.8. The van der Waals surface area contributed by atoms with E-state index in [-0.39, 0.29) is 15.9 Å². The zero-order valence-electron chi connectivity index (χ0n) is 24.0. The van der Waals surface area contributed by atoms with Crippen molar-refractivity contribution < 1.29 is 97.0 Å². The molecule has 23 heteroatoms. The number of halogens is 14. The van der Waals surface area contributed by atoms with E-state index in [1.165, 1.54) is 0 Å². The van der Waals surface area contributed by atoms with Crippen molar-refractivity contribution >= 4 is 34.9 Å². The molecule has 0 aromatic carbocycles. The van der Waals surface area contributed by atoms with Gasteiger partial charge in [0.05, 0.1) is 53.9 Å². The molecule has 0 N–H and O–H groups in total.